The third kappa shape index (κ3) is 3.57. The number of nitrogens with zero attached hydrogens (tertiary/aromatic N) is 2. The summed E-state index contributed by atoms with van der Waals surface area (Å²) in [5.74, 6) is 0.475. The lowest BCUT2D eigenvalue weighted by atomic mass is 10.1. The van der Waals surface area contributed by atoms with E-state index in [-0.39, 0.29) is 5.82 Å². The van der Waals surface area contributed by atoms with Crippen LogP contribution in [0.3, 0.4) is 0 Å². The molecule has 130 valence electrons. The number of halogens is 1. The van der Waals surface area contributed by atoms with Gasteiger partial charge in [0.2, 0.25) is 0 Å². The van der Waals surface area contributed by atoms with E-state index >= 15 is 0 Å². The maximum atomic E-state index is 13.3. The maximum absolute atomic E-state index is 13.3. The molecule has 0 saturated carbocycles. The topological polar surface area (TPSA) is 67.2 Å². The molecule has 0 bridgehead atoms. The largest absolute Gasteiger partial charge is 0.491 e. The number of anilines is 2. The SMILES string of the molecule is COc1cc(Nc2ccc(C#N)cc2)c(-c2ccc(F)cc2)nc1OC. The van der Waals surface area contributed by atoms with Crippen LogP contribution in [0.1, 0.15) is 5.56 Å². The Bertz CT molecular complexity index is 949. The van der Waals surface area contributed by atoms with Crippen molar-refractivity contribution in [2.24, 2.45) is 0 Å². The van der Waals surface area contributed by atoms with E-state index in [2.05, 4.69) is 16.4 Å². The number of methoxy groups -OCH3 is 2. The Hall–Kier alpha value is -3.59. The highest BCUT2D eigenvalue weighted by atomic mass is 19.1. The zero-order chi connectivity index (χ0) is 18.5. The fraction of sp³-hybridized carbons (Fsp3) is 0.100. The molecule has 0 radical (unpaired) electrons. The molecule has 0 amide bonds. The van der Waals surface area contributed by atoms with Gasteiger partial charge in [0.15, 0.2) is 5.75 Å². The summed E-state index contributed by atoms with van der Waals surface area (Å²) >= 11 is 0. The highest BCUT2D eigenvalue weighted by Gasteiger charge is 2.15. The molecule has 0 fully saturated rings. The maximum Gasteiger partial charge on any atom is 0.257 e. The number of pyridine rings is 1. The van der Waals surface area contributed by atoms with Crippen molar-refractivity contribution in [2.45, 2.75) is 0 Å². The number of aromatic nitrogens is 1. The highest BCUT2D eigenvalue weighted by molar-refractivity contribution is 5.80. The number of nitriles is 1. The summed E-state index contributed by atoms with van der Waals surface area (Å²) in [6.45, 7) is 0. The standard InChI is InChI=1S/C20H16FN3O2/c1-25-18-11-17(23-16-9-3-13(12-22)4-10-16)19(24-20(18)26-2)14-5-7-15(21)8-6-14/h3-11,23H,1-2H3. The van der Waals surface area contributed by atoms with Gasteiger partial charge in [-0.05, 0) is 48.5 Å². The first kappa shape index (κ1) is 17.2. The van der Waals surface area contributed by atoms with Crippen LogP contribution in [0.4, 0.5) is 15.8 Å². The van der Waals surface area contributed by atoms with Crippen molar-refractivity contribution in [3.8, 4) is 29.0 Å². The molecule has 0 spiro atoms. The Labute approximate surface area is 150 Å². The van der Waals surface area contributed by atoms with E-state index in [0.29, 0.717) is 28.6 Å². The highest BCUT2D eigenvalue weighted by Crippen LogP contribution is 2.37. The minimum absolute atomic E-state index is 0.323. The number of rotatable bonds is 5. The van der Waals surface area contributed by atoms with Crippen LogP contribution in [0.25, 0.3) is 11.3 Å². The van der Waals surface area contributed by atoms with Gasteiger partial charge in [-0.3, -0.25) is 0 Å². The van der Waals surface area contributed by atoms with Crippen molar-refractivity contribution < 1.29 is 13.9 Å². The van der Waals surface area contributed by atoms with Gasteiger partial charge in [0.05, 0.1) is 37.2 Å². The molecule has 1 heterocycles. The molecule has 0 aliphatic heterocycles. The molecular formula is C20H16FN3O2. The Kier molecular flexibility index (Phi) is 4.99. The third-order valence-corrected chi connectivity index (χ3v) is 3.78. The predicted octanol–water partition coefficient (Wildman–Crippen LogP) is 4.52. The predicted molar refractivity (Wildman–Crippen MR) is 97.2 cm³/mol. The summed E-state index contributed by atoms with van der Waals surface area (Å²) in [5, 5.41) is 12.2. The van der Waals surface area contributed by atoms with Crippen LogP contribution in [-0.2, 0) is 0 Å². The molecule has 0 aliphatic rings. The first-order valence-electron chi connectivity index (χ1n) is 7.80. The van der Waals surface area contributed by atoms with Gasteiger partial charge >= 0.3 is 0 Å². The van der Waals surface area contributed by atoms with Gasteiger partial charge in [-0.25, -0.2) is 9.37 Å². The van der Waals surface area contributed by atoms with Gasteiger partial charge < -0.3 is 14.8 Å². The molecule has 3 rings (SSSR count). The monoisotopic (exact) mass is 349 g/mol. The van der Waals surface area contributed by atoms with Crippen molar-refractivity contribution in [1.29, 1.82) is 5.26 Å². The smallest absolute Gasteiger partial charge is 0.257 e. The van der Waals surface area contributed by atoms with Crippen LogP contribution in [0, 0.1) is 17.1 Å². The number of hydrogen-bond acceptors (Lipinski definition) is 5. The van der Waals surface area contributed by atoms with Gasteiger partial charge in [0.25, 0.3) is 5.88 Å². The van der Waals surface area contributed by atoms with E-state index in [1.165, 1.54) is 26.4 Å². The van der Waals surface area contributed by atoms with E-state index in [1.54, 1.807) is 42.5 Å². The minimum Gasteiger partial charge on any atom is -0.491 e. The van der Waals surface area contributed by atoms with Crippen molar-refractivity contribution in [1.82, 2.24) is 4.98 Å². The summed E-state index contributed by atoms with van der Waals surface area (Å²) in [4.78, 5) is 4.51. The van der Waals surface area contributed by atoms with E-state index in [4.69, 9.17) is 14.7 Å². The first-order valence-corrected chi connectivity index (χ1v) is 7.80. The lowest BCUT2D eigenvalue weighted by molar-refractivity contribution is 0.343. The molecule has 0 aliphatic carbocycles. The van der Waals surface area contributed by atoms with Crippen LogP contribution in [0.5, 0.6) is 11.6 Å². The van der Waals surface area contributed by atoms with Gasteiger partial charge in [-0.15, -0.1) is 0 Å². The molecule has 26 heavy (non-hydrogen) atoms. The lowest BCUT2D eigenvalue weighted by Gasteiger charge is -2.15. The second-order valence-electron chi connectivity index (χ2n) is 5.42. The van der Waals surface area contributed by atoms with Gasteiger partial charge in [-0.2, -0.15) is 5.26 Å². The van der Waals surface area contributed by atoms with Crippen molar-refractivity contribution in [3.63, 3.8) is 0 Å². The van der Waals surface area contributed by atoms with E-state index in [1.807, 2.05) is 0 Å². The molecule has 0 unspecified atom stereocenters. The molecule has 5 nitrogen and oxygen atoms in total. The summed E-state index contributed by atoms with van der Waals surface area (Å²) in [7, 11) is 3.04. The van der Waals surface area contributed by atoms with Crippen LogP contribution in [-0.4, -0.2) is 19.2 Å². The average Bonchev–Trinajstić information content (AvgIpc) is 2.69. The van der Waals surface area contributed by atoms with Crippen LogP contribution in [0.15, 0.2) is 54.6 Å². The molecule has 0 atom stereocenters. The van der Waals surface area contributed by atoms with Crippen LogP contribution < -0.4 is 14.8 Å². The zero-order valence-corrected chi connectivity index (χ0v) is 14.3. The molecule has 0 saturated heterocycles. The van der Waals surface area contributed by atoms with Crippen molar-refractivity contribution >= 4 is 11.4 Å². The van der Waals surface area contributed by atoms with Gasteiger partial charge in [0.1, 0.15) is 5.82 Å². The molecule has 1 aromatic heterocycles. The second-order valence-corrected chi connectivity index (χ2v) is 5.42. The van der Waals surface area contributed by atoms with Gasteiger partial charge in [-0.1, -0.05) is 0 Å². The number of nitrogens with one attached hydrogen (secondary N) is 1. The second kappa shape index (κ2) is 7.53. The van der Waals surface area contributed by atoms with E-state index in [0.717, 1.165) is 11.3 Å². The molecular weight excluding hydrogens is 333 g/mol. The third-order valence-electron chi connectivity index (χ3n) is 3.78. The Balaban J connectivity index is 2.08. The fourth-order valence-electron chi connectivity index (χ4n) is 2.48. The number of ether oxygens (including phenoxy) is 2. The first-order chi connectivity index (χ1) is 12.6. The van der Waals surface area contributed by atoms with Crippen molar-refractivity contribution in [2.75, 3.05) is 19.5 Å². The Morgan fingerprint density at radius 3 is 2.27 bits per heavy atom. The summed E-state index contributed by atoms with van der Waals surface area (Å²) in [6, 6.07) is 16.9. The molecule has 2 aromatic carbocycles. The van der Waals surface area contributed by atoms with Gasteiger partial charge in [0, 0.05) is 17.3 Å². The number of hydrogen-bond donors (Lipinski definition) is 1. The lowest BCUT2D eigenvalue weighted by Crippen LogP contribution is -2.01. The Morgan fingerprint density at radius 2 is 1.69 bits per heavy atom. The van der Waals surface area contributed by atoms with Crippen LogP contribution in [0.2, 0.25) is 0 Å². The summed E-state index contributed by atoms with van der Waals surface area (Å²) in [6.07, 6.45) is 0. The quantitative estimate of drug-likeness (QED) is 0.733. The number of benzene rings is 2. The minimum atomic E-state index is -0.323. The molecule has 3 aromatic rings. The normalized spacial score (nSPS) is 10.1. The summed E-state index contributed by atoms with van der Waals surface area (Å²) in [5.41, 5.74) is 3.33. The summed E-state index contributed by atoms with van der Waals surface area (Å²) < 4.78 is 23.9. The fourth-order valence-corrected chi connectivity index (χ4v) is 2.48. The molecule has 6 heteroatoms. The molecule has 1 N–H and O–H groups in total. The van der Waals surface area contributed by atoms with E-state index < -0.39 is 0 Å². The zero-order valence-electron chi connectivity index (χ0n) is 14.3. The van der Waals surface area contributed by atoms with Crippen LogP contribution >= 0.6 is 0 Å². The average molecular weight is 349 g/mol. The Morgan fingerprint density at radius 1 is 1.00 bits per heavy atom. The van der Waals surface area contributed by atoms with E-state index in [9.17, 15) is 4.39 Å². The van der Waals surface area contributed by atoms with Crippen molar-refractivity contribution in [3.05, 3.63) is 66.0 Å².